The molecule has 0 spiro atoms. The lowest BCUT2D eigenvalue weighted by Gasteiger charge is -2.30. The number of hydrogen-bond acceptors (Lipinski definition) is 3. The maximum absolute atomic E-state index is 9.37. The van der Waals surface area contributed by atoms with Gasteiger partial charge in [-0.3, -0.25) is 4.90 Å². The van der Waals surface area contributed by atoms with Gasteiger partial charge in [0.15, 0.2) is 0 Å². The Morgan fingerprint density at radius 2 is 2.00 bits per heavy atom. The van der Waals surface area contributed by atoms with Crippen LogP contribution < -0.4 is 4.74 Å². The van der Waals surface area contributed by atoms with Gasteiger partial charge in [0.2, 0.25) is 0 Å². The molecule has 96 valence electrons. The third-order valence-corrected chi connectivity index (χ3v) is 3.59. The first-order valence-electron chi connectivity index (χ1n) is 6.60. The van der Waals surface area contributed by atoms with Crippen LogP contribution >= 0.6 is 0 Å². The van der Waals surface area contributed by atoms with Crippen LogP contribution in [0.5, 0.6) is 5.75 Å². The van der Waals surface area contributed by atoms with Gasteiger partial charge in [-0.05, 0) is 37.6 Å². The average molecular weight is 244 g/mol. The highest BCUT2D eigenvalue weighted by atomic mass is 16.5. The molecule has 3 heteroatoms. The third-order valence-electron chi connectivity index (χ3n) is 3.59. The van der Waals surface area contributed by atoms with Gasteiger partial charge in [-0.15, -0.1) is 0 Å². The zero-order chi connectivity index (χ0) is 12.8. The van der Waals surface area contributed by atoms with Gasteiger partial charge in [-0.25, -0.2) is 0 Å². The lowest BCUT2D eigenvalue weighted by atomic mass is 10.0. The number of likely N-dealkylation sites (tertiary alicyclic amines) is 1. The third kappa shape index (κ3) is 3.02. The maximum atomic E-state index is 9.37. The van der Waals surface area contributed by atoms with Crippen LogP contribution in [0.25, 0.3) is 0 Å². The van der Waals surface area contributed by atoms with E-state index in [2.05, 4.69) is 11.0 Å². The van der Waals surface area contributed by atoms with Crippen molar-refractivity contribution in [1.29, 1.82) is 5.26 Å². The number of benzene rings is 1. The second-order valence-corrected chi connectivity index (χ2v) is 4.76. The number of methoxy groups -OCH3 is 1. The van der Waals surface area contributed by atoms with Crippen LogP contribution in [0, 0.1) is 11.3 Å². The van der Waals surface area contributed by atoms with E-state index >= 15 is 0 Å². The fourth-order valence-electron chi connectivity index (χ4n) is 2.57. The van der Waals surface area contributed by atoms with Crippen molar-refractivity contribution in [3.63, 3.8) is 0 Å². The quantitative estimate of drug-likeness (QED) is 0.817. The topological polar surface area (TPSA) is 36.3 Å². The van der Waals surface area contributed by atoms with Gasteiger partial charge in [-0.2, -0.15) is 5.26 Å². The van der Waals surface area contributed by atoms with Crippen LogP contribution in [0.4, 0.5) is 0 Å². The fraction of sp³-hybridized carbons (Fsp3) is 0.533. The summed E-state index contributed by atoms with van der Waals surface area (Å²) in [7, 11) is 1.68. The van der Waals surface area contributed by atoms with E-state index in [1.807, 2.05) is 24.3 Å². The van der Waals surface area contributed by atoms with E-state index < -0.39 is 0 Å². The standard InChI is InChI=1S/C15H20N2O/c1-18-15-8-4-3-7-13(15)11-14(12-16)17-9-5-2-6-10-17/h3-4,7-8,14H,2,5-6,9-11H2,1H3. The molecule has 1 heterocycles. The molecule has 1 aromatic carbocycles. The zero-order valence-electron chi connectivity index (χ0n) is 10.9. The van der Waals surface area contributed by atoms with Crippen molar-refractivity contribution in [3.05, 3.63) is 29.8 Å². The van der Waals surface area contributed by atoms with Crippen molar-refractivity contribution < 1.29 is 4.74 Å². The van der Waals surface area contributed by atoms with E-state index in [0.29, 0.717) is 0 Å². The molecular formula is C15H20N2O. The molecule has 1 aliphatic rings. The molecule has 0 aliphatic carbocycles. The molecule has 2 rings (SSSR count). The lowest BCUT2D eigenvalue weighted by molar-refractivity contribution is 0.193. The highest BCUT2D eigenvalue weighted by Gasteiger charge is 2.21. The Kier molecular flexibility index (Phi) is 4.60. The Bertz CT molecular complexity index is 419. The van der Waals surface area contributed by atoms with Gasteiger partial charge in [0, 0.05) is 6.42 Å². The number of ether oxygens (including phenoxy) is 1. The second kappa shape index (κ2) is 6.42. The molecule has 1 aliphatic heterocycles. The summed E-state index contributed by atoms with van der Waals surface area (Å²) in [5.41, 5.74) is 1.12. The lowest BCUT2D eigenvalue weighted by Crippen LogP contribution is -2.39. The second-order valence-electron chi connectivity index (χ2n) is 4.76. The molecule has 0 aromatic heterocycles. The highest BCUT2D eigenvalue weighted by molar-refractivity contribution is 5.34. The molecule has 1 saturated heterocycles. The van der Waals surface area contributed by atoms with Gasteiger partial charge in [0.25, 0.3) is 0 Å². The predicted molar refractivity (Wildman–Crippen MR) is 71.5 cm³/mol. The maximum Gasteiger partial charge on any atom is 0.122 e. The molecule has 0 saturated carbocycles. The summed E-state index contributed by atoms with van der Waals surface area (Å²) in [5.74, 6) is 0.884. The number of nitriles is 1. The average Bonchev–Trinajstić information content (AvgIpc) is 2.46. The summed E-state index contributed by atoms with van der Waals surface area (Å²) in [6.07, 6.45) is 4.47. The smallest absolute Gasteiger partial charge is 0.122 e. The molecule has 18 heavy (non-hydrogen) atoms. The van der Waals surface area contributed by atoms with E-state index in [1.165, 1.54) is 19.3 Å². The van der Waals surface area contributed by atoms with Crippen LogP contribution in [0.2, 0.25) is 0 Å². The van der Waals surface area contributed by atoms with Crippen molar-refractivity contribution in [2.45, 2.75) is 31.7 Å². The molecule has 0 N–H and O–H groups in total. The minimum Gasteiger partial charge on any atom is -0.496 e. The van der Waals surface area contributed by atoms with Crippen molar-refractivity contribution in [2.75, 3.05) is 20.2 Å². The van der Waals surface area contributed by atoms with Gasteiger partial charge < -0.3 is 4.74 Å². The Morgan fingerprint density at radius 3 is 2.67 bits per heavy atom. The van der Waals surface area contributed by atoms with Crippen molar-refractivity contribution in [1.82, 2.24) is 4.90 Å². The number of nitrogens with zero attached hydrogens (tertiary/aromatic N) is 2. The first-order chi connectivity index (χ1) is 8.85. The fourth-order valence-corrected chi connectivity index (χ4v) is 2.57. The summed E-state index contributed by atoms with van der Waals surface area (Å²) in [4.78, 5) is 2.30. The van der Waals surface area contributed by atoms with Crippen molar-refractivity contribution in [2.24, 2.45) is 0 Å². The number of piperidine rings is 1. The molecule has 3 nitrogen and oxygen atoms in total. The molecule has 0 amide bonds. The number of para-hydroxylation sites is 1. The Balaban J connectivity index is 2.07. The minimum absolute atomic E-state index is 0.0263. The van der Waals surface area contributed by atoms with E-state index in [0.717, 1.165) is 30.8 Å². The molecule has 1 atom stereocenters. The predicted octanol–water partition coefficient (Wildman–Crippen LogP) is 2.62. The first-order valence-corrected chi connectivity index (χ1v) is 6.60. The van der Waals surface area contributed by atoms with Crippen LogP contribution in [0.3, 0.4) is 0 Å². The van der Waals surface area contributed by atoms with Crippen LogP contribution in [-0.2, 0) is 6.42 Å². The molecule has 1 fully saturated rings. The van der Waals surface area contributed by atoms with Gasteiger partial charge in [0.05, 0.1) is 13.2 Å². The van der Waals surface area contributed by atoms with Crippen LogP contribution in [0.1, 0.15) is 24.8 Å². The first kappa shape index (κ1) is 12.9. The molecular weight excluding hydrogens is 224 g/mol. The molecule has 1 unspecified atom stereocenters. The monoisotopic (exact) mass is 244 g/mol. The zero-order valence-corrected chi connectivity index (χ0v) is 10.9. The summed E-state index contributed by atoms with van der Waals surface area (Å²) < 4.78 is 5.35. The van der Waals surface area contributed by atoms with E-state index in [9.17, 15) is 5.26 Å². The number of rotatable bonds is 4. The summed E-state index contributed by atoms with van der Waals surface area (Å²) >= 11 is 0. The largest absolute Gasteiger partial charge is 0.496 e. The summed E-state index contributed by atoms with van der Waals surface area (Å²) in [6, 6.07) is 10.4. The Morgan fingerprint density at radius 1 is 1.28 bits per heavy atom. The molecule has 1 aromatic rings. The molecule has 0 radical (unpaired) electrons. The normalized spacial score (nSPS) is 18.0. The Hall–Kier alpha value is -1.53. The van der Waals surface area contributed by atoms with Crippen molar-refractivity contribution in [3.8, 4) is 11.8 Å². The number of hydrogen-bond donors (Lipinski definition) is 0. The SMILES string of the molecule is COc1ccccc1CC(C#N)N1CCCCC1. The minimum atomic E-state index is -0.0263. The van der Waals surface area contributed by atoms with Crippen LogP contribution in [-0.4, -0.2) is 31.1 Å². The van der Waals surface area contributed by atoms with Crippen LogP contribution in [0.15, 0.2) is 24.3 Å². The summed E-state index contributed by atoms with van der Waals surface area (Å²) in [5, 5.41) is 9.37. The Labute approximate surface area is 109 Å². The molecule has 0 bridgehead atoms. The summed E-state index contributed by atoms with van der Waals surface area (Å²) in [6.45, 7) is 2.10. The highest BCUT2D eigenvalue weighted by Crippen LogP contribution is 2.22. The van der Waals surface area contributed by atoms with Gasteiger partial charge in [0.1, 0.15) is 11.8 Å². The van der Waals surface area contributed by atoms with Gasteiger partial charge in [-0.1, -0.05) is 24.6 Å². The van der Waals surface area contributed by atoms with E-state index in [1.54, 1.807) is 7.11 Å². The van der Waals surface area contributed by atoms with E-state index in [-0.39, 0.29) is 6.04 Å². The van der Waals surface area contributed by atoms with Gasteiger partial charge >= 0.3 is 0 Å². The van der Waals surface area contributed by atoms with E-state index in [4.69, 9.17) is 4.74 Å². The van der Waals surface area contributed by atoms with Crippen molar-refractivity contribution >= 4 is 0 Å².